The van der Waals surface area contributed by atoms with Crippen LogP contribution in [-0.2, 0) is 11.3 Å². The highest BCUT2D eigenvalue weighted by Gasteiger charge is 2.72. The van der Waals surface area contributed by atoms with Crippen LogP contribution in [0.2, 0.25) is 5.02 Å². The van der Waals surface area contributed by atoms with E-state index >= 15 is 0 Å². The van der Waals surface area contributed by atoms with Gasteiger partial charge in [0.05, 0.1) is 6.61 Å². The predicted octanol–water partition coefficient (Wildman–Crippen LogP) is 5.15. The number of rotatable bonds is 4. The molecule has 1 aromatic rings. The van der Waals surface area contributed by atoms with Crippen molar-refractivity contribution in [2.75, 3.05) is 0 Å². The van der Waals surface area contributed by atoms with Crippen molar-refractivity contribution >= 4 is 11.6 Å². The van der Waals surface area contributed by atoms with Crippen LogP contribution in [0.3, 0.4) is 0 Å². The lowest BCUT2D eigenvalue weighted by molar-refractivity contribution is -0.328. The van der Waals surface area contributed by atoms with Crippen molar-refractivity contribution in [1.82, 2.24) is 0 Å². The van der Waals surface area contributed by atoms with E-state index in [1.165, 1.54) is 12.1 Å². The highest BCUT2D eigenvalue weighted by molar-refractivity contribution is 6.30. The fourth-order valence-corrected chi connectivity index (χ4v) is 1.34. The molecule has 119 valence electrons. The van der Waals surface area contributed by atoms with Gasteiger partial charge in [-0.05, 0) is 17.7 Å². The van der Waals surface area contributed by atoms with Gasteiger partial charge in [0, 0.05) is 5.02 Å². The number of ether oxygens (including phenoxy) is 1. The van der Waals surface area contributed by atoms with Gasteiger partial charge in [-0.3, -0.25) is 0 Å². The molecule has 1 aromatic carbocycles. The normalized spacial score (nSPS) is 13.8. The van der Waals surface area contributed by atoms with Gasteiger partial charge in [-0.15, -0.1) is 0 Å². The lowest BCUT2D eigenvalue weighted by atomic mass is 10.1. The molecular formula is C11H6ClF8O. The fraction of sp³-hybridized carbons (Fsp3) is 0.364. The van der Waals surface area contributed by atoms with Gasteiger partial charge in [-0.1, -0.05) is 23.7 Å². The monoisotopic (exact) mass is 341 g/mol. The molecule has 0 aromatic heterocycles. The first kappa shape index (κ1) is 18.0. The quantitative estimate of drug-likeness (QED) is 0.688. The first-order valence-corrected chi connectivity index (χ1v) is 5.50. The lowest BCUT2D eigenvalue weighted by Gasteiger charge is -2.28. The van der Waals surface area contributed by atoms with Crippen molar-refractivity contribution in [3.8, 4) is 0 Å². The van der Waals surface area contributed by atoms with Crippen LogP contribution < -0.4 is 0 Å². The van der Waals surface area contributed by atoms with Crippen LogP contribution in [0.1, 0.15) is 5.56 Å². The minimum absolute atomic E-state index is 0.0564. The lowest BCUT2D eigenvalue weighted by Crippen LogP contribution is -2.49. The molecule has 0 aliphatic carbocycles. The number of hydrogen-bond donors (Lipinski definition) is 0. The maximum atomic E-state index is 12.8. The van der Waals surface area contributed by atoms with Gasteiger partial charge >= 0.3 is 18.3 Å². The highest BCUT2D eigenvalue weighted by Crippen LogP contribution is 2.49. The van der Waals surface area contributed by atoms with Crippen molar-refractivity contribution in [2.45, 2.75) is 24.9 Å². The van der Waals surface area contributed by atoms with Gasteiger partial charge in [0.25, 0.3) is 6.10 Å². The zero-order chi connectivity index (χ0) is 16.5. The van der Waals surface area contributed by atoms with E-state index in [2.05, 4.69) is 4.74 Å². The van der Waals surface area contributed by atoms with Crippen molar-refractivity contribution in [3.05, 3.63) is 41.0 Å². The van der Waals surface area contributed by atoms with E-state index < -0.39 is 31.0 Å². The predicted molar refractivity (Wildman–Crippen MR) is 56.5 cm³/mol. The highest BCUT2D eigenvalue weighted by atomic mass is 35.5. The molecule has 0 saturated heterocycles. The second-order valence-electron chi connectivity index (χ2n) is 3.81. The van der Waals surface area contributed by atoms with Crippen molar-refractivity contribution in [2.24, 2.45) is 0 Å². The molecule has 21 heavy (non-hydrogen) atoms. The molecule has 1 nitrogen and oxygen atoms in total. The van der Waals surface area contributed by atoms with Gasteiger partial charge in [0.15, 0.2) is 0 Å². The average molecular weight is 342 g/mol. The summed E-state index contributed by atoms with van der Waals surface area (Å²) in [6, 6.07) is 4.69. The molecule has 0 bridgehead atoms. The summed E-state index contributed by atoms with van der Waals surface area (Å²) in [4.78, 5) is 0. The van der Waals surface area contributed by atoms with Crippen LogP contribution in [0.15, 0.2) is 24.3 Å². The standard InChI is InChI=1S/C11H6ClF8O/c12-7-3-1-6(2-4-7)5-21-8(10(15,16)17)9(13,14)11(18,19)20/h1-4H,5H2. The van der Waals surface area contributed by atoms with Gasteiger partial charge in [0.2, 0.25) is 0 Å². The zero-order valence-electron chi connectivity index (χ0n) is 9.83. The van der Waals surface area contributed by atoms with Crippen molar-refractivity contribution < 1.29 is 39.9 Å². The molecule has 0 heterocycles. The summed E-state index contributed by atoms with van der Waals surface area (Å²) in [5.41, 5.74) is -0.0564. The molecule has 0 spiro atoms. The Labute approximate surface area is 118 Å². The van der Waals surface area contributed by atoms with Gasteiger partial charge in [-0.25, -0.2) is 0 Å². The Hall–Kier alpha value is -1.09. The van der Waals surface area contributed by atoms with Gasteiger partial charge in [0.1, 0.15) is 0 Å². The Kier molecular flexibility index (Phi) is 5.09. The molecule has 0 fully saturated rings. The van der Waals surface area contributed by atoms with Gasteiger partial charge in [-0.2, -0.15) is 35.1 Å². The Morgan fingerprint density at radius 3 is 1.76 bits per heavy atom. The number of alkyl halides is 8. The molecule has 0 saturated carbocycles. The first-order chi connectivity index (χ1) is 9.35. The smallest absolute Gasteiger partial charge is 0.353 e. The summed E-state index contributed by atoms with van der Waals surface area (Å²) < 4.78 is 102. The van der Waals surface area contributed by atoms with Crippen LogP contribution in [0.25, 0.3) is 0 Å². The summed E-state index contributed by atoms with van der Waals surface area (Å²) >= 11 is 5.48. The summed E-state index contributed by atoms with van der Waals surface area (Å²) in [5, 5.41) is 0.208. The molecule has 10 heteroatoms. The molecule has 0 amide bonds. The summed E-state index contributed by atoms with van der Waals surface area (Å²) in [6.45, 7) is -1.11. The summed E-state index contributed by atoms with van der Waals surface area (Å²) in [5.74, 6) is -6.14. The van der Waals surface area contributed by atoms with E-state index in [-0.39, 0.29) is 10.6 Å². The molecule has 1 radical (unpaired) electrons. The van der Waals surface area contributed by atoms with E-state index in [4.69, 9.17) is 11.6 Å². The maximum Gasteiger partial charge on any atom is 0.456 e. The van der Waals surface area contributed by atoms with Crippen LogP contribution >= 0.6 is 11.6 Å². The second kappa shape index (κ2) is 5.96. The van der Waals surface area contributed by atoms with Crippen molar-refractivity contribution in [3.63, 3.8) is 0 Å². The van der Waals surface area contributed by atoms with E-state index in [9.17, 15) is 35.1 Å². The van der Waals surface area contributed by atoms with Crippen LogP contribution in [0.5, 0.6) is 0 Å². The van der Waals surface area contributed by atoms with Crippen LogP contribution in [-0.4, -0.2) is 18.3 Å². The third-order valence-corrected chi connectivity index (χ3v) is 2.45. The first-order valence-electron chi connectivity index (χ1n) is 5.12. The topological polar surface area (TPSA) is 9.23 Å². The average Bonchev–Trinajstić information content (AvgIpc) is 2.28. The largest absolute Gasteiger partial charge is 0.456 e. The molecular weight excluding hydrogens is 336 g/mol. The molecule has 0 N–H and O–H groups in total. The number of halogens is 9. The Bertz CT molecular complexity index is 465. The SMILES string of the molecule is FC(F)(F)[C](OCc1ccc(Cl)cc1)C(F)(F)C(F)(F)F. The fourth-order valence-electron chi connectivity index (χ4n) is 1.22. The molecule has 1 rings (SSSR count). The summed E-state index contributed by atoms with van der Waals surface area (Å²) in [6.07, 6.45) is -15.7. The Morgan fingerprint density at radius 1 is 0.905 bits per heavy atom. The number of benzene rings is 1. The Morgan fingerprint density at radius 2 is 1.38 bits per heavy atom. The third-order valence-electron chi connectivity index (χ3n) is 2.20. The van der Waals surface area contributed by atoms with Crippen LogP contribution in [0.4, 0.5) is 35.1 Å². The summed E-state index contributed by atoms with van der Waals surface area (Å²) in [7, 11) is 0. The molecule has 0 aliphatic rings. The van der Waals surface area contributed by atoms with E-state index in [1.54, 1.807) is 0 Å². The Balaban J connectivity index is 2.93. The maximum absolute atomic E-state index is 12.8. The number of hydrogen-bond acceptors (Lipinski definition) is 1. The molecule has 0 aliphatic heterocycles. The molecule has 0 atom stereocenters. The van der Waals surface area contributed by atoms with E-state index in [0.29, 0.717) is 0 Å². The zero-order valence-corrected chi connectivity index (χ0v) is 10.6. The third kappa shape index (κ3) is 4.44. The van der Waals surface area contributed by atoms with Crippen LogP contribution in [0, 0.1) is 6.10 Å². The minimum atomic E-state index is -6.42. The second-order valence-corrected chi connectivity index (χ2v) is 4.25. The van der Waals surface area contributed by atoms with E-state index in [0.717, 1.165) is 12.1 Å². The van der Waals surface area contributed by atoms with Crippen molar-refractivity contribution in [1.29, 1.82) is 0 Å². The molecule has 0 unspecified atom stereocenters. The van der Waals surface area contributed by atoms with E-state index in [1.807, 2.05) is 0 Å². The van der Waals surface area contributed by atoms with Gasteiger partial charge < -0.3 is 4.74 Å². The minimum Gasteiger partial charge on any atom is -0.353 e.